The highest BCUT2D eigenvalue weighted by atomic mass is 35.5. The number of aromatic nitrogens is 1. The number of alkyl halides is 3. The van der Waals surface area contributed by atoms with Crippen LogP contribution in [0.5, 0.6) is 0 Å². The second-order valence-electron chi connectivity index (χ2n) is 6.94. The average molecular weight is 404 g/mol. The molecule has 0 saturated heterocycles. The Balaban J connectivity index is 2.57. The third-order valence-electron chi connectivity index (χ3n) is 4.64. The fraction of sp³-hybridized carbons (Fsp3) is 0.556. The lowest BCUT2D eigenvalue weighted by molar-refractivity contribution is -0.140. The monoisotopic (exact) mass is 403 g/mol. The quantitative estimate of drug-likeness (QED) is 0.313. The zero-order chi connectivity index (χ0) is 20.6. The molecular formula is C18H20ClF2NO5. The summed E-state index contributed by atoms with van der Waals surface area (Å²) in [6.07, 6.45) is -0.839. The summed E-state index contributed by atoms with van der Waals surface area (Å²) in [5.74, 6) is -3.34. The zero-order valence-corrected chi connectivity index (χ0v) is 16.1. The second kappa shape index (κ2) is 7.69. The highest BCUT2D eigenvalue weighted by Gasteiger charge is 2.47. The van der Waals surface area contributed by atoms with Crippen molar-refractivity contribution in [1.29, 1.82) is 0 Å². The minimum atomic E-state index is -3.78. The van der Waals surface area contributed by atoms with Crippen molar-refractivity contribution in [3.8, 4) is 0 Å². The Kier molecular flexibility index (Phi) is 6.13. The van der Waals surface area contributed by atoms with Crippen LogP contribution in [0.1, 0.15) is 54.7 Å². The minimum absolute atomic E-state index is 0.0771. The van der Waals surface area contributed by atoms with Gasteiger partial charge in [0.2, 0.25) is 6.29 Å². The van der Waals surface area contributed by atoms with Crippen LogP contribution in [0.15, 0.2) is 12.1 Å². The van der Waals surface area contributed by atoms with Crippen LogP contribution in [0.2, 0.25) is 0 Å². The molecule has 148 valence electrons. The Morgan fingerprint density at radius 3 is 2.41 bits per heavy atom. The van der Waals surface area contributed by atoms with Crippen LogP contribution in [0, 0.1) is 11.3 Å². The summed E-state index contributed by atoms with van der Waals surface area (Å²) in [7, 11) is 2.46. The Hall–Kier alpha value is -1.77. The molecule has 0 amide bonds. The van der Waals surface area contributed by atoms with Crippen molar-refractivity contribution in [2.24, 2.45) is 11.3 Å². The molecule has 1 heterocycles. The third-order valence-corrected chi connectivity index (χ3v) is 4.84. The van der Waals surface area contributed by atoms with E-state index in [2.05, 4.69) is 4.98 Å². The maximum atomic E-state index is 13.4. The summed E-state index contributed by atoms with van der Waals surface area (Å²) in [6, 6.07) is 1.93. The molecule has 1 fully saturated rings. The van der Waals surface area contributed by atoms with Gasteiger partial charge < -0.3 is 9.47 Å². The van der Waals surface area contributed by atoms with E-state index in [-0.39, 0.29) is 17.7 Å². The molecule has 0 N–H and O–H groups in total. The normalized spacial score (nSPS) is 20.2. The molecule has 1 unspecified atom stereocenters. The highest BCUT2D eigenvalue weighted by Crippen LogP contribution is 2.37. The second-order valence-corrected chi connectivity index (χ2v) is 7.42. The lowest BCUT2D eigenvalue weighted by Gasteiger charge is -2.32. The number of rotatable bonds is 6. The molecule has 1 aromatic rings. The van der Waals surface area contributed by atoms with Gasteiger partial charge in [0.05, 0.1) is 0 Å². The molecule has 6 nitrogen and oxygen atoms in total. The molecule has 0 radical (unpaired) electrons. The summed E-state index contributed by atoms with van der Waals surface area (Å²) in [5.41, 5.74) is -2.12. The van der Waals surface area contributed by atoms with Crippen molar-refractivity contribution in [3.05, 3.63) is 29.1 Å². The van der Waals surface area contributed by atoms with Crippen LogP contribution in [-0.2, 0) is 24.4 Å². The fourth-order valence-corrected chi connectivity index (χ4v) is 3.11. The SMILES string of the molecule is COC(OC)c1nc(C(F)(F)Cl)ccc1C(=O)C1C(=O)CCC(C)(C)C1=O. The van der Waals surface area contributed by atoms with Crippen molar-refractivity contribution < 1.29 is 32.6 Å². The van der Waals surface area contributed by atoms with Gasteiger partial charge in [-0.3, -0.25) is 14.4 Å². The minimum Gasteiger partial charge on any atom is -0.350 e. The van der Waals surface area contributed by atoms with Gasteiger partial charge in [0, 0.05) is 31.6 Å². The molecule has 1 aliphatic rings. The first-order valence-electron chi connectivity index (χ1n) is 8.19. The van der Waals surface area contributed by atoms with E-state index in [1.54, 1.807) is 13.8 Å². The van der Waals surface area contributed by atoms with Crippen LogP contribution in [0.25, 0.3) is 0 Å². The fourth-order valence-electron chi connectivity index (χ4n) is 3.00. The molecule has 0 aliphatic heterocycles. The third kappa shape index (κ3) is 4.23. The van der Waals surface area contributed by atoms with Gasteiger partial charge >= 0.3 is 5.38 Å². The van der Waals surface area contributed by atoms with Gasteiger partial charge in [-0.15, -0.1) is 0 Å². The zero-order valence-electron chi connectivity index (χ0n) is 15.3. The van der Waals surface area contributed by atoms with Crippen LogP contribution >= 0.6 is 11.6 Å². The summed E-state index contributed by atoms with van der Waals surface area (Å²) in [6.45, 7) is 3.32. The van der Waals surface area contributed by atoms with E-state index in [1.165, 1.54) is 14.2 Å². The molecule has 1 aliphatic carbocycles. The summed E-state index contributed by atoms with van der Waals surface area (Å²) < 4.78 is 37.0. The summed E-state index contributed by atoms with van der Waals surface area (Å²) in [5, 5.41) is -3.78. The molecular weight excluding hydrogens is 384 g/mol. The first kappa shape index (κ1) is 21.5. The number of hydrogen-bond donors (Lipinski definition) is 0. The first-order valence-corrected chi connectivity index (χ1v) is 8.56. The molecule has 1 saturated carbocycles. The Bertz CT molecular complexity index is 772. The van der Waals surface area contributed by atoms with Crippen LogP contribution in [0.3, 0.4) is 0 Å². The average Bonchev–Trinajstić information content (AvgIpc) is 2.59. The van der Waals surface area contributed by atoms with Crippen molar-refractivity contribution in [2.45, 2.75) is 38.4 Å². The van der Waals surface area contributed by atoms with E-state index in [0.29, 0.717) is 6.42 Å². The Morgan fingerprint density at radius 1 is 1.30 bits per heavy atom. The number of nitrogens with zero attached hydrogens (tertiary/aromatic N) is 1. The van der Waals surface area contributed by atoms with Crippen LogP contribution in [0.4, 0.5) is 8.78 Å². The molecule has 1 aromatic heterocycles. The topological polar surface area (TPSA) is 82.6 Å². The standard InChI is InChI=1S/C18H20ClF2NO5/c1-17(2)8-7-10(23)12(15(17)25)14(24)9-5-6-11(18(19,20)21)22-13(9)16(26-3)27-4/h5-6,12,16H,7-8H2,1-4H3. The highest BCUT2D eigenvalue weighted by molar-refractivity contribution is 6.26. The molecule has 9 heteroatoms. The lowest BCUT2D eigenvalue weighted by atomic mass is 9.68. The number of methoxy groups -OCH3 is 2. The maximum absolute atomic E-state index is 13.4. The molecule has 27 heavy (non-hydrogen) atoms. The molecule has 0 aromatic carbocycles. The number of hydrogen-bond acceptors (Lipinski definition) is 6. The van der Waals surface area contributed by atoms with Crippen LogP contribution < -0.4 is 0 Å². The number of ketones is 3. The summed E-state index contributed by atoms with van der Waals surface area (Å²) in [4.78, 5) is 41.7. The number of ether oxygens (including phenoxy) is 2. The summed E-state index contributed by atoms with van der Waals surface area (Å²) >= 11 is 5.02. The molecule has 1 atom stereocenters. The predicted octanol–water partition coefficient (Wildman–Crippen LogP) is 3.42. The number of carbonyl (C=O) groups excluding carboxylic acids is 3. The van der Waals surface area contributed by atoms with Crippen molar-refractivity contribution in [1.82, 2.24) is 4.98 Å². The van der Waals surface area contributed by atoms with E-state index in [9.17, 15) is 23.2 Å². The van der Waals surface area contributed by atoms with E-state index in [1.807, 2.05) is 0 Å². The van der Waals surface area contributed by atoms with Gasteiger partial charge in [-0.25, -0.2) is 4.98 Å². The van der Waals surface area contributed by atoms with Crippen molar-refractivity contribution in [3.63, 3.8) is 0 Å². The van der Waals surface area contributed by atoms with Gasteiger partial charge in [-0.1, -0.05) is 13.8 Å². The number of pyridine rings is 1. The number of halogens is 3. The van der Waals surface area contributed by atoms with E-state index in [0.717, 1.165) is 12.1 Å². The molecule has 0 bridgehead atoms. The predicted molar refractivity (Wildman–Crippen MR) is 91.6 cm³/mol. The van der Waals surface area contributed by atoms with E-state index >= 15 is 0 Å². The van der Waals surface area contributed by atoms with Gasteiger partial charge in [0.15, 0.2) is 17.3 Å². The van der Waals surface area contributed by atoms with Gasteiger partial charge in [-0.2, -0.15) is 8.78 Å². The maximum Gasteiger partial charge on any atom is 0.364 e. The molecule has 2 rings (SSSR count). The van der Waals surface area contributed by atoms with Crippen molar-refractivity contribution in [2.75, 3.05) is 14.2 Å². The number of carbonyl (C=O) groups is 3. The largest absolute Gasteiger partial charge is 0.364 e. The van der Waals surface area contributed by atoms with E-state index in [4.69, 9.17) is 21.1 Å². The van der Waals surface area contributed by atoms with Gasteiger partial charge in [0.25, 0.3) is 0 Å². The number of Topliss-reactive ketones (excluding diaryl/α,β-unsaturated/α-hetero) is 3. The van der Waals surface area contributed by atoms with Gasteiger partial charge in [0.1, 0.15) is 17.3 Å². The Labute approximate surface area is 160 Å². The first-order chi connectivity index (χ1) is 12.4. The van der Waals surface area contributed by atoms with Crippen molar-refractivity contribution >= 4 is 29.0 Å². The van der Waals surface area contributed by atoms with Crippen LogP contribution in [-0.4, -0.2) is 36.6 Å². The smallest absolute Gasteiger partial charge is 0.350 e. The lowest BCUT2D eigenvalue weighted by Crippen LogP contribution is -2.45. The molecule has 0 spiro atoms. The van der Waals surface area contributed by atoms with Gasteiger partial charge in [-0.05, 0) is 30.2 Å². The Morgan fingerprint density at radius 2 is 1.89 bits per heavy atom. The van der Waals surface area contributed by atoms with E-state index < -0.39 is 46.0 Å².